The molecule has 5 nitrogen and oxygen atoms in total. The molecule has 0 radical (unpaired) electrons. The van der Waals surface area contributed by atoms with Gasteiger partial charge in [0.2, 0.25) is 5.91 Å². The summed E-state index contributed by atoms with van der Waals surface area (Å²) in [6, 6.07) is 6.96. The van der Waals surface area contributed by atoms with E-state index >= 15 is 0 Å². The van der Waals surface area contributed by atoms with E-state index in [-0.39, 0.29) is 11.8 Å². The van der Waals surface area contributed by atoms with Gasteiger partial charge in [0.1, 0.15) is 0 Å². The number of benzene rings is 1. The number of aryl methyl sites for hydroxylation is 1. The third-order valence-electron chi connectivity index (χ3n) is 3.28. The first-order chi connectivity index (χ1) is 10.1. The summed E-state index contributed by atoms with van der Waals surface area (Å²) < 4.78 is 0. The van der Waals surface area contributed by atoms with E-state index < -0.39 is 0 Å². The first-order valence-electron chi connectivity index (χ1n) is 6.47. The standard InChI is InChI=1S/C15H12ClN3O2/c16-12-8-17-6-5-11(12)15(21)18-10-2-3-13-9(7-10)1-4-14(20)19-13/h2-3,5-8H,1,4H2,(H,18,21)(H,19,20). The number of pyridine rings is 1. The van der Waals surface area contributed by atoms with Crippen LogP contribution in [0.25, 0.3) is 0 Å². The molecule has 2 heterocycles. The van der Waals surface area contributed by atoms with Crippen LogP contribution in [0.5, 0.6) is 0 Å². The van der Waals surface area contributed by atoms with E-state index in [1.54, 1.807) is 18.2 Å². The zero-order valence-electron chi connectivity index (χ0n) is 11.0. The maximum Gasteiger partial charge on any atom is 0.257 e. The fourth-order valence-electron chi connectivity index (χ4n) is 2.22. The van der Waals surface area contributed by atoms with E-state index in [9.17, 15) is 9.59 Å². The number of amides is 2. The van der Waals surface area contributed by atoms with Gasteiger partial charge in [-0.3, -0.25) is 14.6 Å². The lowest BCUT2D eigenvalue weighted by atomic mass is 10.0. The van der Waals surface area contributed by atoms with Gasteiger partial charge in [-0.2, -0.15) is 0 Å². The Morgan fingerprint density at radius 3 is 2.95 bits per heavy atom. The van der Waals surface area contributed by atoms with Gasteiger partial charge in [-0.1, -0.05) is 11.6 Å². The first-order valence-corrected chi connectivity index (χ1v) is 6.85. The van der Waals surface area contributed by atoms with E-state index in [1.807, 2.05) is 6.07 Å². The summed E-state index contributed by atoms with van der Waals surface area (Å²) in [4.78, 5) is 27.3. The predicted molar refractivity (Wildman–Crippen MR) is 80.6 cm³/mol. The largest absolute Gasteiger partial charge is 0.326 e. The van der Waals surface area contributed by atoms with Crippen molar-refractivity contribution in [3.63, 3.8) is 0 Å². The van der Waals surface area contributed by atoms with Crippen LogP contribution >= 0.6 is 11.6 Å². The normalized spacial score (nSPS) is 13.3. The summed E-state index contributed by atoms with van der Waals surface area (Å²) in [7, 11) is 0. The van der Waals surface area contributed by atoms with Crippen LogP contribution in [-0.2, 0) is 11.2 Å². The lowest BCUT2D eigenvalue weighted by Gasteiger charge is -2.17. The van der Waals surface area contributed by atoms with Gasteiger partial charge >= 0.3 is 0 Å². The SMILES string of the molecule is O=C1CCc2cc(NC(=O)c3ccncc3Cl)ccc2N1. The van der Waals surface area contributed by atoms with Gasteiger partial charge in [-0.25, -0.2) is 0 Å². The van der Waals surface area contributed by atoms with Crippen molar-refractivity contribution < 1.29 is 9.59 Å². The number of aromatic nitrogens is 1. The molecular weight excluding hydrogens is 290 g/mol. The molecule has 1 aromatic carbocycles. The predicted octanol–water partition coefficient (Wildman–Crippen LogP) is 2.87. The third kappa shape index (κ3) is 2.87. The molecular formula is C15H12ClN3O2. The second-order valence-electron chi connectivity index (χ2n) is 4.73. The third-order valence-corrected chi connectivity index (χ3v) is 3.58. The topological polar surface area (TPSA) is 71.1 Å². The molecule has 1 aliphatic heterocycles. The number of carbonyl (C=O) groups excluding carboxylic acids is 2. The molecule has 2 amide bonds. The van der Waals surface area contributed by atoms with Gasteiger partial charge in [-0.05, 0) is 36.2 Å². The molecule has 1 aliphatic rings. The number of rotatable bonds is 2. The van der Waals surface area contributed by atoms with Crippen LogP contribution in [-0.4, -0.2) is 16.8 Å². The molecule has 0 bridgehead atoms. The van der Waals surface area contributed by atoms with Crippen molar-refractivity contribution in [3.05, 3.63) is 52.8 Å². The summed E-state index contributed by atoms with van der Waals surface area (Å²) in [6.45, 7) is 0. The Hall–Kier alpha value is -2.40. The van der Waals surface area contributed by atoms with Crippen molar-refractivity contribution in [1.82, 2.24) is 4.98 Å². The molecule has 0 unspecified atom stereocenters. The minimum atomic E-state index is -0.290. The van der Waals surface area contributed by atoms with Crippen LogP contribution in [0, 0.1) is 0 Å². The Bertz CT molecular complexity index is 731. The van der Waals surface area contributed by atoms with Crippen molar-refractivity contribution in [2.45, 2.75) is 12.8 Å². The van der Waals surface area contributed by atoms with Crippen molar-refractivity contribution >= 4 is 34.8 Å². The Kier molecular flexibility index (Phi) is 3.58. The Morgan fingerprint density at radius 1 is 1.29 bits per heavy atom. The molecule has 2 aromatic rings. The fourth-order valence-corrected chi connectivity index (χ4v) is 2.42. The Morgan fingerprint density at radius 2 is 2.14 bits per heavy atom. The molecule has 106 valence electrons. The summed E-state index contributed by atoms with van der Waals surface area (Å²) in [5, 5.41) is 5.90. The average Bonchev–Trinajstić information content (AvgIpc) is 2.48. The zero-order chi connectivity index (χ0) is 14.8. The van der Waals surface area contributed by atoms with E-state index in [2.05, 4.69) is 15.6 Å². The van der Waals surface area contributed by atoms with Gasteiger partial charge in [0.25, 0.3) is 5.91 Å². The van der Waals surface area contributed by atoms with Crippen LogP contribution in [0.3, 0.4) is 0 Å². The van der Waals surface area contributed by atoms with Crippen molar-refractivity contribution in [2.24, 2.45) is 0 Å². The maximum absolute atomic E-state index is 12.2. The van der Waals surface area contributed by atoms with Gasteiger partial charge < -0.3 is 10.6 Å². The highest BCUT2D eigenvalue weighted by Gasteiger charge is 2.16. The van der Waals surface area contributed by atoms with Crippen LogP contribution in [0.1, 0.15) is 22.3 Å². The lowest BCUT2D eigenvalue weighted by Crippen LogP contribution is -2.19. The molecule has 0 saturated carbocycles. The second kappa shape index (κ2) is 5.54. The second-order valence-corrected chi connectivity index (χ2v) is 5.14. The number of fused-ring (bicyclic) bond motifs is 1. The molecule has 0 saturated heterocycles. The maximum atomic E-state index is 12.2. The summed E-state index contributed by atoms with van der Waals surface area (Å²) in [6.07, 6.45) is 4.07. The first kappa shape index (κ1) is 13.6. The molecule has 0 spiro atoms. The zero-order valence-corrected chi connectivity index (χ0v) is 11.8. The molecule has 0 atom stereocenters. The molecule has 0 fully saturated rings. The number of nitrogens with one attached hydrogen (secondary N) is 2. The fraction of sp³-hybridized carbons (Fsp3) is 0.133. The van der Waals surface area contributed by atoms with Gasteiger partial charge in [0, 0.05) is 30.2 Å². The van der Waals surface area contributed by atoms with Gasteiger partial charge in [0.15, 0.2) is 0 Å². The van der Waals surface area contributed by atoms with Crippen LogP contribution < -0.4 is 10.6 Å². The van der Waals surface area contributed by atoms with Gasteiger partial charge in [0.05, 0.1) is 10.6 Å². The van der Waals surface area contributed by atoms with Gasteiger partial charge in [-0.15, -0.1) is 0 Å². The quantitative estimate of drug-likeness (QED) is 0.896. The monoisotopic (exact) mass is 301 g/mol. The Balaban J connectivity index is 1.81. The lowest BCUT2D eigenvalue weighted by molar-refractivity contribution is -0.116. The van der Waals surface area contributed by atoms with Crippen molar-refractivity contribution in [3.8, 4) is 0 Å². The molecule has 2 N–H and O–H groups in total. The molecule has 0 aliphatic carbocycles. The number of halogens is 1. The van der Waals surface area contributed by atoms with Crippen molar-refractivity contribution in [2.75, 3.05) is 10.6 Å². The molecule has 6 heteroatoms. The van der Waals surface area contributed by atoms with Crippen LogP contribution in [0.15, 0.2) is 36.7 Å². The van der Waals surface area contributed by atoms with Crippen molar-refractivity contribution in [1.29, 1.82) is 0 Å². The highest BCUT2D eigenvalue weighted by Crippen LogP contribution is 2.26. The number of carbonyl (C=O) groups is 2. The van der Waals surface area contributed by atoms with E-state index in [0.29, 0.717) is 29.1 Å². The average molecular weight is 302 g/mol. The summed E-state index contributed by atoms with van der Waals surface area (Å²) in [5.74, 6) is -0.273. The van der Waals surface area contributed by atoms with Crippen LogP contribution in [0.2, 0.25) is 5.02 Å². The summed E-state index contributed by atoms with van der Waals surface area (Å²) >= 11 is 5.95. The smallest absolute Gasteiger partial charge is 0.257 e. The number of hydrogen-bond donors (Lipinski definition) is 2. The molecule has 21 heavy (non-hydrogen) atoms. The molecule has 3 rings (SSSR count). The number of anilines is 2. The minimum Gasteiger partial charge on any atom is -0.326 e. The highest BCUT2D eigenvalue weighted by molar-refractivity contribution is 6.34. The van der Waals surface area contributed by atoms with E-state index in [1.165, 1.54) is 12.4 Å². The summed E-state index contributed by atoms with van der Waals surface area (Å²) in [5.41, 5.74) is 2.85. The van der Waals surface area contributed by atoms with E-state index in [4.69, 9.17) is 11.6 Å². The molecule has 1 aromatic heterocycles. The number of nitrogens with zero attached hydrogens (tertiary/aromatic N) is 1. The van der Waals surface area contributed by atoms with Crippen LogP contribution in [0.4, 0.5) is 11.4 Å². The minimum absolute atomic E-state index is 0.0165. The van der Waals surface area contributed by atoms with E-state index in [0.717, 1.165) is 11.3 Å². The Labute approximate surface area is 126 Å². The number of hydrogen-bond acceptors (Lipinski definition) is 3. The highest BCUT2D eigenvalue weighted by atomic mass is 35.5.